The maximum Gasteiger partial charge on any atom is 0.254 e. The Balaban J connectivity index is 1.52. The van der Waals surface area contributed by atoms with Crippen LogP contribution >= 0.6 is 11.3 Å². The molecule has 0 aliphatic heterocycles. The third-order valence-electron chi connectivity index (χ3n) is 6.24. The highest BCUT2D eigenvalue weighted by molar-refractivity contribution is 7.13. The van der Waals surface area contributed by atoms with Gasteiger partial charge in [0.2, 0.25) is 11.8 Å². The van der Waals surface area contributed by atoms with Crippen molar-refractivity contribution in [2.45, 2.75) is 39.7 Å². The van der Waals surface area contributed by atoms with E-state index >= 15 is 0 Å². The van der Waals surface area contributed by atoms with Crippen LogP contribution < -0.4 is 14.8 Å². The molecule has 2 aromatic carbocycles. The molecule has 0 bridgehead atoms. The van der Waals surface area contributed by atoms with Gasteiger partial charge in [-0.25, -0.2) is 4.98 Å². The normalized spacial score (nSPS) is 10.7. The number of carbonyl (C=O) groups is 3. The highest BCUT2D eigenvalue weighted by Gasteiger charge is 2.22. The zero-order valence-electron chi connectivity index (χ0n) is 23.3. The van der Waals surface area contributed by atoms with Crippen molar-refractivity contribution in [3.05, 3.63) is 70.2 Å². The summed E-state index contributed by atoms with van der Waals surface area (Å²) in [5.41, 5.74) is 3.20. The molecule has 0 saturated carbocycles. The highest BCUT2D eigenvalue weighted by Crippen LogP contribution is 2.27. The Bertz CT molecular complexity index is 1290. The number of hydrogen-bond donors (Lipinski definition) is 1. The van der Waals surface area contributed by atoms with Gasteiger partial charge in [-0.2, -0.15) is 0 Å². The Kier molecular flexibility index (Phi) is 10.4. The SMILES string of the molecule is COc1ccc(CCN(C)C(=O)Cc2csc(NC(=O)CN(C(=O)c3ccc(C)cc3)C(C)C)n2)cc1OC. The summed E-state index contributed by atoms with van der Waals surface area (Å²) < 4.78 is 10.6. The van der Waals surface area contributed by atoms with Crippen LogP contribution in [0, 0.1) is 6.92 Å². The number of amides is 3. The van der Waals surface area contributed by atoms with Gasteiger partial charge in [0.05, 0.1) is 26.3 Å². The molecule has 1 aromatic heterocycles. The van der Waals surface area contributed by atoms with Crippen LogP contribution in [-0.4, -0.2) is 72.9 Å². The molecule has 0 unspecified atom stereocenters. The minimum atomic E-state index is -0.344. The lowest BCUT2D eigenvalue weighted by atomic mass is 10.1. The predicted octanol–water partition coefficient (Wildman–Crippen LogP) is 4.20. The number of carbonyl (C=O) groups excluding carboxylic acids is 3. The number of anilines is 1. The lowest BCUT2D eigenvalue weighted by Crippen LogP contribution is -2.42. The fraction of sp³-hybridized carbons (Fsp3) is 0.379. The molecule has 10 heteroatoms. The van der Waals surface area contributed by atoms with Crippen molar-refractivity contribution in [2.24, 2.45) is 0 Å². The van der Waals surface area contributed by atoms with Crippen LogP contribution in [0.4, 0.5) is 5.13 Å². The van der Waals surface area contributed by atoms with Crippen molar-refractivity contribution >= 4 is 34.2 Å². The first-order valence-corrected chi connectivity index (χ1v) is 13.6. The number of thiazole rings is 1. The van der Waals surface area contributed by atoms with E-state index in [0.29, 0.717) is 40.9 Å². The fourth-order valence-electron chi connectivity index (χ4n) is 3.86. The van der Waals surface area contributed by atoms with Gasteiger partial charge in [0.25, 0.3) is 5.91 Å². The van der Waals surface area contributed by atoms with E-state index in [9.17, 15) is 14.4 Å². The standard InChI is InChI=1S/C29H36N4O5S/c1-19(2)33(28(36)22-10-7-20(3)8-11-22)17-26(34)31-29-30-23(18-39-29)16-27(35)32(4)14-13-21-9-12-24(37-5)25(15-21)38-6/h7-12,15,18-19H,13-14,16-17H2,1-6H3,(H,30,31,34). The first kappa shape index (κ1) is 29.6. The summed E-state index contributed by atoms with van der Waals surface area (Å²) in [6.07, 6.45) is 0.785. The van der Waals surface area contributed by atoms with Crippen LogP contribution in [0.3, 0.4) is 0 Å². The molecule has 0 spiro atoms. The van der Waals surface area contributed by atoms with Crippen molar-refractivity contribution in [3.8, 4) is 11.5 Å². The van der Waals surface area contributed by atoms with E-state index in [-0.39, 0.29) is 36.7 Å². The van der Waals surface area contributed by atoms with Crippen molar-refractivity contribution in [1.29, 1.82) is 0 Å². The van der Waals surface area contributed by atoms with Gasteiger partial charge >= 0.3 is 0 Å². The minimum absolute atomic E-state index is 0.0756. The number of likely N-dealkylation sites (N-methyl/N-ethyl adjacent to an activating group) is 1. The molecule has 3 aromatic rings. The van der Waals surface area contributed by atoms with E-state index in [0.717, 1.165) is 11.1 Å². The molecule has 1 N–H and O–H groups in total. The van der Waals surface area contributed by atoms with E-state index < -0.39 is 0 Å². The Hall–Kier alpha value is -3.92. The summed E-state index contributed by atoms with van der Waals surface area (Å²) in [5, 5.41) is 4.91. The van der Waals surface area contributed by atoms with E-state index in [1.807, 2.05) is 51.1 Å². The van der Waals surface area contributed by atoms with Gasteiger partial charge in [0.15, 0.2) is 16.6 Å². The second-order valence-electron chi connectivity index (χ2n) is 9.52. The van der Waals surface area contributed by atoms with Gasteiger partial charge in [-0.05, 0) is 57.0 Å². The minimum Gasteiger partial charge on any atom is -0.493 e. The lowest BCUT2D eigenvalue weighted by Gasteiger charge is -2.26. The van der Waals surface area contributed by atoms with Gasteiger partial charge < -0.3 is 24.6 Å². The second kappa shape index (κ2) is 13.7. The monoisotopic (exact) mass is 552 g/mol. The summed E-state index contributed by atoms with van der Waals surface area (Å²) in [5.74, 6) is 0.683. The Morgan fingerprint density at radius 3 is 2.36 bits per heavy atom. The van der Waals surface area contributed by atoms with Crippen molar-refractivity contribution in [2.75, 3.05) is 39.7 Å². The Labute approximate surface area is 233 Å². The average molecular weight is 553 g/mol. The molecule has 9 nitrogen and oxygen atoms in total. The van der Waals surface area contributed by atoms with Gasteiger partial charge in [-0.15, -0.1) is 11.3 Å². The van der Waals surface area contributed by atoms with E-state index in [1.165, 1.54) is 16.2 Å². The number of aromatic nitrogens is 1. The topological polar surface area (TPSA) is 101 Å². The number of rotatable bonds is 12. The number of hydrogen-bond acceptors (Lipinski definition) is 7. The zero-order valence-corrected chi connectivity index (χ0v) is 24.1. The third kappa shape index (κ3) is 8.28. The molecular weight excluding hydrogens is 516 g/mol. The summed E-state index contributed by atoms with van der Waals surface area (Å²) >= 11 is 1.25. The Morgan fingerprint density at radius 1 is 1.03 bits per heavy atom. The molecule has 0 aliphatic carbocycles. The molecule has 39 heavy (non-hydrogen) atoms. The van der Waals surface area contributed by atoms with Crippen molar-refractivity contribution in [1.82, 2.24) is 14.8 Å². The molecule has 3 amide bonds. The lowest BCUT2D eigenvalue weighted by molar-refractivity contribution is -0.129. The number of methoxy groups -OCH3 is 2. The third-order valence-corrected chi connectivity index (χ3v) is 7.04. The molecule has 0 fully saturated rings. The number of nitrogens with zero attached hydrogens (tertiary/aromatic N) is 3. The first-order chi connectivity index (χ1) is 18.6. The fourth-order valence-corrected chi connectivity index (χ4v) is 4.58. The molecule has 208 valence electrons. The molecule has 3 rings (SSSR count). The summed E-state index contributed by atoms with van der Waals surface area (Å²) in [4.78, 5) is 46.0. The average Bonchev–Trinajstić information content (AvgIpc) is 3.36. The summed E-state index contributed by atoms with van der Waals surface area (Å²) in [6, 6.07) is 12.8. The Morgan fingerprint density at radius 2 is 1.72 bits per heavy atom. The molecule has 0 radical (unpaired) electrons. The van der Waals surface area contributed by atoms with Crippen molar-refractivity contribution in [3.63, 3.8) is 0 Å². The molecular formula is C29H36N4O5S. The largest absolute Gasteiger partial charge is 0.493 e. The van der Waals surface area contributed by atoms with Gasteiger partial charge in [0, 0.05) is 30.6 Å². The van der Waals surface area contributed by atoms with Gasteiger partial charge in [0.1, 0.15) is 6.54 Å². The van der Waals surface area contributed by atoms with E-state index in [2.05, 4.69) is 10.3 Å². The number of nitrogens with one attached hydrogen (secondary N) is 1. The maximum absolute atomic E-state index is 13.0. The van der Waals surface area contributed by atoms with Crippen LogP contribution in [0.2, 0.25) is 0 Å². The van der Waals surface area contributed by atoms with Crippen LogP contribution in [0.1, 0.15) is 41.0 Å². The number of aryl methyl sites for hydroxylation is 1. The summed E-state index contributed by atoms with van der Waals surface area (Å²) in [7, 11) is 4.93. The molecule has 1 heterocycles. The molecule has 0 saturated heterocycles. The molecule has 0 aliphatic rings. The number of ether oxygens (including phenoxy) is 2. The predicted molar refractivity (Wildman–Crippen MR) is 153 cm³/mol. The smallest absolute Gasteiger partial charge is 0.254 e. The van der Waals surface area contributed by atoms with Gasteiger partial charge in [-0.1, -0.05) is 23.8 Å². The van der Waals surface area contributed by atoms with Crippen LogP contribution in [0.25, 0.3) is 0 Å². The van der Waals surface area contributed by atoms with Crippen LogP contribution in [0.5, 0.6) is 11.5 Å². The van der Waals surface area contributed by atoms with E-state index in [1.54, 1.807) is 43.7 Å². The maximum atomic E-state index is 13.0. The first-order valence-electron chi connectivity index (χ1n) is 12.7. The van der Waals surface area contributed by atoms with Crippen LogP contribution in [-0.2, 0) is 22.4 Å². The second-order valence-corrected chi connectivity index (χ2v) is 10.4. The quantitative estimate of drug-likeness (QED) is 0.361. The van der Waals surface area contributed by atoms with Crippen molar-refractivity contribution < 1.29 is 23.9 Å². The molecule has 0 atom stereocenters. The van der Waals surface area contributed by atoms with Gasteiger partial charge in [-0.3, -0.25) is 14.4 Å². The zero-order chi connectivity index (χ0) is 28.5. The highest BCUT2D eigenvalue weighted by atomic mass is 32.1. The summed E-state index contributed by atoms with van der Waals surface area (Å²) in [6.45, 7) is 6.12. The van der Waals surface area contributed by atoms with Crippen LogP contribution in [0.15, 0.2) is 47.8 Å². The number of benzene rings is 2. The van der Waals surface area contributed by atoms with E-state index in [4.69, 9.17) is 9.47 Å².